The minimum absolute atomic E-state index is 0.0570. The maximum Gasteiger partial charge on any atom is 0.354 e. The zero-order valence-electron chi connectivity index (χ0n) is 10.6. The first-order valence-electron chi connectivity index (χ1n) is 5.85. The third kappa shape index (κ3) is 3.35. The molecule has 0 aliphatic carbocycles. The molecule has 0 aliphatic heterocycles. The van der Waals surface area contributed by atoms with E-state index in [0.717, 1.165) is 11.3 Å². The van der Waals surface area contributed by atoms with Gasteiger partial charge in [-0.3, -0.25) is 4.68 Å². The molecule has 0 fully saturated rings. The van der Waals surface area contributed by atoms with E-state index >= 15 is 0 Å². The Kier molecular flexibility index (Phi) is 4.19. The lowest BCUT2D eigenvalue weighted by Gasteiger charge is -2.00. The fourth-order valence-electron chi connectivity index (χ4n) is 1.65. The molecule has 19 heavy (non-hydrogen) atoms. The van der Waals surface area contributed by atoms with Crippen LogP contribution < -0.4 is 5.32 Å². The smallest absolute Gasteiger partial charge is 0.354 e. The van der Waals surface area contributed by atoms with Gasteiger partial charge in [-0.2, -0.15) is 5.10 Å². The van der Waals surface area contributed by atoms with Gasteiger partial charge in [-0.25, -0.2) is 4.79 Å². The monoisotopic (exact) mass is 264 g/mol. The van der Waals surface area contributed by atoms with Crippen LogP contribution in [0.15, 0.2) is 24.7 Å². The molecule has 0 saturated heterocycles. The SMILES string of the molecule is COC(=O)c1cc(CNc2cnn(CCO)c2)c[nH]1. The number of rotatable bonds is 6. The van der Waals surface area contributed by atoms with Crippen LogP contribution in [0.1, 0.15) is 16.1 Å². The maximum absolute atomic E-state index is 11.3. The molecule has 0 spiro atoms. The van der Waals surface area contributed by atoms with Crippen molar-refractivity contribution in [3.05, 3.63) is 35.9 Å². The first kappa shape index (κ1) is 13.2. The van der Waals surface area contributed by atoms with Gasteiger partial charge in [0.15, 0.2) is 0 Å². The van der Waals surface area contributed by atoms with Gasteiger partial charge in [-0.1, -0.05) is 0 Å². The van der Waals surface area contributed by atoms with Crippen molar-refractivity contribution >= 4 is 11.7 Å². The summed E-state index contributed by atoms with van der Waals surface area (Å²) in [6.07, 6.45) is 5.24. The van der Waals surface area contributed by atoms with E-state index in [4.69, 9.17) is 5.11 Å². The van der Waals surface area contributed by atoms with E-state index in [1.807, 2.05) is 6.20 Å². The standard InChI is InChI=1S/C12H16N4O3/c1-19-12(18)11-4-9(6-14-11)5-13-10-7-15-16(8-10)2-3-17/h4,6-8,13-14,17H,2-3,5H2,1H3. The second-order valence-electron chi connectivity index (χ2n) is 3.98. The molecule has 0 unspecified atom stereocenters. The number of hydrogen-bond acceptors (Lipinski definition) is 5. The van der Waals surface area contributed by atoms with E-state index < -0.39 is 0 Å². The highest BCUT2D eigenvalue weighted by molar-refractivity contribution is 5.87. The molecule has 7 nitrogen and oxygen atoms in total. The van der Waals surface area contributed by atoms with Gasteiger partial charge in [-0.05, 0) is 11.6 Å². The number of nitrogens with one attached hydrogen (secondary N) is 2. The summed E-state index contributed by atoms with van der Waals surface area (Å²) in [6, 6.07) is 1.73. The van der Waals surface area contributed by atoms with Crippen LogP contribution in [0, 0.1) is 0 Å². The number of aliphatic hydroxyl groups excluding tert-OH is 1. The highest BCUT2D eigenvalue weighted by Gasteiger charge is 2.08. The Balaban J connectivity index is 1.90. The van der Waals surface area contributed by atoms with E-state index in [0.29, 0.717) is 18.8 Å². The molecule has 102 valence electrons. The van der Waals surface area contributed by atoms with Crippen LogP contribution in [0.4, 0.5) is 5.69 Å². The number of aromatic nitrogens is 3. The summed E-state index contributed by atoms with van der Waals surface area (Å²) in [7, 11) is 1.34. The van der Waals surface area contributed by atoms with Gasteiger partial charge in [0, 0.05) is 18.9 Å². The molecule has 2 heterocycles. The van der Waals surface area contributed by atoms with E-state index in [9.17, 15) is 4.79 Å². The number of aliphatic hydroxyl groups is 1. The Morgan fingerprint density at radius 1 is 1.63 bits per heavy atom. The van der Waals surface area contributed by atoms with Crippen molar-refractivity contribution in [2.75, 3.05) is 19.0 Å². The molecule has 0 aliphatic rings. The second-order valence-corrected chi connectivity index (χ2v) is 3.98. The molecule has 2 rings (SSSR count). The number of esters is 1. The number of carbonyl (C=O) groups excluding carboxylic acids is 1. The highest BCUT2D eigenvalue weighted by atomic mass is 16.5. The third-order valence-electron chi connectivity index (χ3n) is 2.61. The number of H-pyrrole nitrogens is 1. The first-order valence-corrected chi connectivity index (χ1v) is 5.85. The minimum Gasteiger partial charge on any atom is -0.464 e. The molecule has 0 amide bonds. The van der Waals surface area contributed by atoms with E-state index in [2.05, 4.69) is 20.1 Å². The zero-order valence-corrected chi connectivity index (χ0v) is 10.6. The molecule has 7 heteroatoms. The average molecular weight is 264 g/mol. The van der Waals surface area contributed by atoms with Crippen molar-refractivity contribution in [2.24, 2.45) is 0 Å². The summed E-state index contributed by atoms with van der Waals surface area (Å²) in [5.41, 5.74) is 2.22. The third-order valence-corrected chi connectivity index (χ3v) is 2.61. The van der Waals surface area contributed by atoms with Crippen LogP contribution in [0.2, 0.25) is 0 Å². The van der Waals surface area contributed by atoms with Crippen molar-refractivity contribution in [1.82, 2.24) is 14.8 Å². The second kappa shape index (κ2) is 6.05. The van der Waals surface area contributed by atoms with Crippen LogP contribution in [-0.2, 0) is 17.8 Å². The maximum atomic E-state index is 11.3. The predicted octanol–water partition coefficient (Wildman–Crippen LogP) is 0.602. The van der Waals surface area contributed by atoms with E-state index in [-0.39, 0.29) is 12.6 Å². The molecular weight excluding hydrogens is 248 g/mol. The lowest BCUT2D eigenvalue weighted by molar-refractivity contribution is 0.0595. The van der Waals surface area contributed by atoms with Crippen molar-refractivity contribution in [1.29, 1.82) is 0 Å². The van der Waals surface area contributed by atoms with Crippen LogP contribution in [0.5, 0.6) is 0 Å². The Morgan fingerprint density at radius 3 is 3.21 bits per heavy atom. The molecule has 0 atom stereocenters. The Hall–Kier alpha value is -2.28. The topological polar surface area (TPSA) is 92.2 Å². The number of aromatic amines is 1. The Morgan fingerprint density at radius 2 is 2.47 bits per heavy atom. The summed E-state index contributed by atoms with van der Waals surface area (Å²) < 4.78 is 6.27. The summed E-state index contributed by atoms with van der Waals surface area (Å²) in [6.45, 7) is 1.10. The molecule has 0 saturated carbocycles. The number of methoxy groups -OCH3 is 1. The van der Waals surface area contributed by atoms with Gasteiger partial charge < -0.3 is 20.1 Å². The predicted molar refractivity (Wildman–Crippen MR) is 68.8 cm³/mol. The van der Waals surface area contributed by atoms with Crippen LogP contribution >= 0.6 is 0 Å². The molecule has 3 N–H and O–H groups in total. The van der Waals surface area contributed by atoms with Crippen molar-refractivity contribution in [3.8, 4) is 0 Å². The lowest BCUT2D eigenvalue weighted by atomic mass is 10.3. The quantitative estimate of drug-likeness (QED) is 0.664. The molecule has 0 aromatic carbocycles. The van der Waals surface area contributed by atoms with E-state index in [1.165, 1.54) is 7.11 Å². The van der Waals surface area contributed by atoms with Crippen molar-refractivity contribution in [2.45, 2.75) is 13.1 Å². The van der Waals surface area contributed by atoms with Gasteiger partial charge in [0.05, 0.1) is 32.1 Å². The van der Waals surface area contributed by atoms with Gasteiger partial charge in [0.25, 0.3) is 0 Å². The highest BCUT2D eigenvalue weighted by Crippen LogP contribution is 2.10. The Bertz CT molecular complexity index is 547. The normalized spacial score (nSPS) is 10.4. The average Bonchev–Trinajstić information content (AvgIpc) is 3.05. The van der Waals surface area contributed by atoms with E-state index in [1.54, 1.807) is 23.1 Å². The van der Waals surface area contributed by atoms with Crippen molar-refractivity contribution in [3.63, 3.8) is 0 Å². The van der Waals surface area contributed by atoms with Crippen LogP contribution in [-0.4, -0.2) is 39.6 Å². The number of carbonyl (C=O) groups is 1. The largest absolute Gasteiger partial charge is 0.464 e. The minimum atomic E-state index is -0.387. The van der Waals surface area contributed by atoms with Gasteiger partial charge in [-0.15, -0.1) is 0 Å². The molecule has 2 aromatic heterocycles. The van der Waals surface area contributed by atoms with Gasteiger partial charge >= 0.3 is 5.97 Å². The Labute approximate surface area is 110 Å². The first-order chi connectivity index (χ1) is 9.22. The summed E-state index contributed by atoms with van der Waals surface area (Å²) in [5, 5.41) is 16.0. The fourth-order valence-corrected chi connectivity index (χ4v) is 1.65. The number of nitrogens with zero attached hydrogens (tertiary/aromatic N) is 2. The molecule has 0 bridgehead atoms. The van der Waals surface area contributed by atoms with Crippen molar-refractivity contribution < 1.29 is 14.6 Å². The van der Waals surface area contributed by atoms with Crippen LogP contribution in [0.25, 0.3) is 0 Å². The molecule has 0 radical (unpaired) electrons. The molecule has 2 aromatic rings. The number of anilines is 1. The van der Waals surface area contributed by atoms with Gasteiger partial charge in [0.1, 0.15) is 5.69 Å². The summed E-state index contributed by atoms with van der Waals surface area (Å²) >= 11 is 0. The molecular formula is C12H16N4O3. The summed E-state index contributed by atoms with van der Waals surface area (Å²) in [5.74, 6) is -0.387. The van der Waals surface area contributed by atoms with Gasteiger partial charge in [0.2, 0.25) is 0 Å². The number of hydrogen-bond donors (Lipinski definition) is 3. The zero-order chi connectivity index (χ0) is 13.7. The summed E-state index contributed by atoms with van der Waals surface area (Å²) in [4.78, 5) is 14.1. The lowest BCUT2D eigenvalue weighted by Crippen LogP contribution is -2.02. The number of ether oxygens (including phenoxy) is 1. The van der Waals surface area contributed by atoms with Crippen LogP contribution in [0.3, 0.4) is 0 Å². The fraction of sp³-hybridized carbons (Fsp3) is 0.333.